The zero-order valence-electron chi connectivity index (χ0n) is 16.9. The number of carbonyl (C=O) groups excluding carboxylic acids is 2. The minimum atomic E-state index is -0.820. The van der Waals surface area contributed by atoms with Crippen LogP contribution in [0, 0.1) is 0 Å². The molecule has 1 atom stereocenters. The van der Waals surface area contributed by atoms with Crippen molar-refractivity contribution >= 4 is 44.0 Å². The molecular formula is C19H35N2O5Tl. The molecule has 2 N–H and O–H groups in total. The number of carboxylic acids is 1. The van der Waals surface area contributed by atoms with E-state index in [2.05, 4.69) is 5.32 Å². The summed E-state index contributed by atoms with van der Waals surface area (Å²) in [6.07, 6.45) is 6.96. The van der Waals surface area contributed by atoms with Crippen LogP contribution < -0.4 is 5.32 Å². The van der Waals surface area contributed by atoms with E-state index in [1.54, 1.807) is 0 Å². The summed E-state index contributed by atoms with van der Waals surface area (Å²) < 4.78 is 5.34. The first-order valence-corrected chi connectivity index (χ1v) is 12.0. The Kier molecular flexibility index (Phi) is 16.9. The zero-order valence-corrected chi connectivity index (χ0v) is 21.4. The second kappa shape index (κ2) is 17.4. The molecule has 154 valence electrons. The van der Waals surface area contributed by atoms with Gasteiger partial charge in [-0.2, -0.15) is 0 Å². The molecule has 0 radical (unpaired) electrons. The number of likely N-dealkylation sites (tertiary alicyclic amines) is 1. The third-order valence-corrected chi connectivity index (χ3v) is 5.17. The number of hydrogen-bond donors (Lipinski definition) is 2. The van der Waals surface area contributed by atoms with Gasteiger partial charge in [-0.3, -0.25) is 9.59 Å². The summed E-state index contributed by atoms with van der Waals surface area (Å²) in [7, 11) is 0. The Bertz CT molecular complexity index is 434. The molecule has 0 aromatic heterocycles. The Hall–Kier alpha value is -0.708. The van der Waals surface area contributed by atoms with E-state index in [1.165, 1.54) is 0 Å². The van der Waals surface area contributed by atoms with Crippen LogP contribution in [0.15, 0.2) is 0 Å². The van der Waals surface area contributed by atoms with Crippen molar-refractivity contribution < 1.29 is 22.2 Å². The molecule has 0 saturated carbocycles. The summed E-state index contributed by atoms with van der Waals surface area (Å²) in [4.78, 5) is 36.2. The van der Waals surface area contributed by atoms with E-state index in [0.29, 0.717) is 65.1 Å². The van der Waals surface area contributed by atoms with Crippen molar-refractivity contribution in [2.75, 3.05) is 19.7 Å². The van der Waals surface area contributed by atoms with Gasteiger partial charge in [0.25, 0.3) is 0 Å². The Morgan fingerprint density at radius 3 is 2.41 bits per heavy atom. The van der Waals surface area contributed by atoms with Crippen molar-refractivity contribution in [1.82, 2.24) is 10.2 Å². The molecule has 1 aliphatic rings. The number of amides is 2. The first kappa shape index (κ1) is 26.3. The normalized spacial score (nSPS) is 15.7. The number of nitrogens with one attached hydrogen (secondary N) is 1. The molecule has 0 bridgehead atoms. The van der Waals surface area contributed by atoms with Gasteiger partial charge in [-0.1, -0.05) is 13.8 Å². The molecule has 7 nitrogen and oxygen atoms in total. The average Bonchev–Trinajstić information content (AvgIpc) is 3.12. The fraction of sp³-hybridized carbons (Fsp3) is 0.842. The molecule has 1 rings (SSSR count). The second-order valence-corrected chi connectivity index (χ2v) is 7.77. The molecule has 1 saturated heterocycles. The standard InChI is InChI=1S/C17H29N2O5.C2H6.Tl/c20-13-14-7-6-12-19(14)16(22)9-2-1-5-11-18-15(21)8-3-4-10-17(23)24;1-2;/h14H,1-13H2,(H,18,21)(H,23,24);1-2H3;/q-1;;+1. The van der Waals surface area contributed by atoms with E-state index >= 15 is 0 Å². The van der Waals surface area contributed by atoms with Crippen molar-refractivity contribution in [3.63, 3.8) is 0 Å². The Morgan fingerprint density at radius 1 is 1.07 bits per heavy atom. The van der Waals surface area contributed by atoms with Crippen LogP contribution in [-0.2, 0) is 17.1 Å². The van der Waals surface area contributed by atoms with Crippen LogP contribution in [0.4, 0.5) is 0 Å². The van der Waals surface area contributed by atoms with Crippen molar-refractivity contribution in [2.24, 2.45) is 0 Å². The summed E-state index contributed by atoms with van der Waals surface area (Å²) in [6.45, 7) is 6.16. The van der Waals surface area contributed by atoms with Crippen LogP contribution in [0.3, 0.4) is 0 Å². The Morgan fingerprint density at radius 2 is 1.74 bits per heavy atom. The van der Waals surface area contributed by atoms with Gasteiger partial charge >= 0.3 is 126 Å². The first-order valence-electron chi connectivity index (χ1n) is 10.1. The molecule has 2 amide bonds. The molecule has 0 aliphatic carbocycles. The van der Waals surface area contributed by atoms with Crippen LogP contribution in [-0.4, -0.2) is 79.7 Å². The molecule has 27 heavy (non-hydrogen) atoms. The fourth-order valence-electron chi connectivity index (χ4n) is 3.05. The van der Waals surface area contributed by atoms with Crippen molar-refractivity contribution in [2.45, 2.75) is 84.1 Å². The summed E-state index contributed by atoms with van der Waals surface area (Å²) in [6, 6.07) is 0.276. The molecule has 0 aromatic rings. The number of aliphatic carboxylic acids is 1. The molecular weight excluding hydrogens is 541 g/mol. The van der Waals surface area contributed by atoms with E-state index < -0.39 is 5.97 Å². The number of carbonyl (C=O) groups is 3. The van der Waals surface area contributed by atoms with Crippen molar-refractivity contribution in [3.05, 3.63) is 0 Å². The predicted octanol–water partition coefficient (Wildman–Crippen LogP) is 2.43. The zero-order chi connectivity index (χ0) is 20.5. The van der Waals surface area contributed by atoms with Gasteiger partial charge in [-0.05, 0) is 12.8 Å². The molecule has 1 heterocycles. The van der Waals surface area contributed by atoms with Crippen molar-refractivity contribution in [3.8, 4) is 0 Å². The molecule has 1 aliphatic heterocycles. The topological polar surface area (TPSA) is 95.9 Å². The maximum atomic E-state index is 12.2. The first-order chi connectivity index (χ1) is 13.0. The van der Waals surface area contributed by atoms with Crippen LogP contribution >= 0.6 is 0 Å². The minimum absolute atomic E-state index is 0.0230. The third-order valence-electron chi connectivity index (χ3n) is 4.42. The van der Waals surface area contributed by atoms with Crippen molar-refractivity contribution in [1.29, 1.82) is 0 Å². The van der Waals surface area contributed by atoms with E-state index in [-0.39, 0.29) is 24.3 Å². The molecule has 0 spiro atoms. The Labute approximate surface area is 179 Å². The summed E-state index contributed by atoms with van der Waals surface area (Å²) in [5, 5.41) is 11.4. The fourth-order valence-corrected chi connectivity index (χ4v) is 3.91. The third kappa shape index (κ3) is 13.2. The second-order valence-electron chi connectivity index (χ2n) is 6.48. The van der Waals surface area contributed by atoms with Gasteiger partial charge in [0, 0.05) is 12.8 Å². The number of carboxylic acid groups (broad SMARTS) is 1. The van der Waals surface area contributed by atoms with Gasteiger partial charge in [-0.25, -0.2) is 0 Å². The molecule has 1 fully saturated rings. The van der Waals surface area contributed by atoms with Gasteiger partial charge in [0.2, 0.25) is 0 Å². The number of hydrogen-bond acceptors (Lipinski definition) is 4. The maximum absolute atomic E-state index is 12.2. The van der Waals surface area contributed by atoms with Gasteiger partial charge in [0.1, 0.15) is 0 Å². The average molecular weight is 576 g/mol. The summed E-state index contributed by atoms with van der Waals surface area (Å²) >= 11 is 0.523. The number of rotatable bonds is 13. The molecule has 1 unspecified atom stereocenters. The number of unbranched alkanes of at least 4 members (excludes halogenated alkanes) is 3. The molecule has 8 heteroatoms. The van der Waals surface area contributed by atoms with E-state index in [9.17, 15) is 14.4 Å². The predicted molar refractivity (Wildman–Crippen MR) is 105 cm³/mol. The SMILES string of the molecule is CC.O=C(O)CCCCC(=O)NCCCCCC(=O)N1CCCC1C[O][Tl]. The van der Waals surface area contributed by atoms with Gasteiger partial charge in [0.15, 0.2) is 0 Å². The van der Waals surface area contributed by atoms with E-state index in [0.717, 1.165) is 38.6 Å². The summed E-state index contributed by atoms with van der Waals surface area (Å²) in [5.74, 6) is -0.614. The van der Waals surface area contributed by atoms with E-state index in [1.807, 2.05) is 18.7 Å². The van der Waals surface area contributed by atoms with Crippen LogP contribution in [0.1, 0.15) is 78.1 Å². The van der Waals surface area contributed by atoms with E-state index in [4.69, 9.17) is 7.79 Å². The van der Waals surface area contributed by atoms with Gasteiger partial charge in [-0.15, -0.1) is 0 Å². The quantitative estimate of drug-likeness (QED) is 0.260. The number of nitrogens with zero attached hydrogens (tertiary/aromatic N) is 1. The van der Waals surface area contributed by atoms with Gasteiger partial charge < -0.3 is 5.11 Å². The van der Waals surface area contributed by atoms with Crippen LogP contribution in [0.5, 0.6) is 0 Å². The molecule has 0 aromatic carbocycles. The Balaban J connectivity index is 0.00000326. The van der Waals surface area contributed by atoms with Gasteiger partial charge in [0.05, 0.1) is 0 Å². The summed E-state index contributed by atoms with van der Waals surface area (Å²) in [5.41, 5.74) is 0. The van der Waals surface area contributed by atoms with Crippen LogP contribution in [0.2, 0.25) is 0 Å². The van der Waals surface area contributed by atoms with Crippen LogP contribution in [0.25, 0.3) is 0 Å². The monoisotopic (exact) mass is 576 g/mol.